The molecule has 0 radical (unpaired) electrons. The third-order valence-corrected chi connectivity index (χ3v) is 4.68. The number of carboxylic acids is 1. The van der Waals surface area contributed by atoms with Crippen molar-refractivity contribution in [3.8, 4) is 10.6 Å². The summed E-state index contributed by atoms with van der Waals surface area (Å²) in [5.41, 5.74) is 2.38. The molecule has 0 spiro atoms. The van der Waals surface area contributed by atoms with Crippen LogP contribution in [0, 0.1) is 0 Å². The van der Waals surface area contributed by atoms with Gasteiger partial charge in [0, 0.05) is 16.5 Å². The maximum atomic E-state index is 10.8. The van der Waals surface area contributed by atoms with E-state index in [4.69, 9.17) is 0 Å². The first kappa shape index (κ1) is 16.6. The Morgan fingerprint density at radius 2 is 2.09 bits per heavy atom. The molecule has 2 aromatic rings. The number of rotatable bonds is 5. The van der Waals surface area contributed by atoms with Crippen molar-refractivity contribution in [1.82, 2.24) is 4.98 Å². The van der Waals surface area contributed by atoms with Crippen molar-refractivity contribution in [2.45, 2.75) is 39.8 Å². The van der Waals surface area contributed by atoms with Crippen LogP contribution in [-0.2, 0) is 6.54 Å². The first-order chi connectivity index (χ1) is 10.3. The monoisotopic (exact) mass is 318 g/mol. The Labute approximate surface area is 135 Å². The van der Waals surface area contributed by atoms with Crippen molar-refractivity contribution in [2.24, 2.45) is 0 Å². The average molecular weight is 318 g/mol. The van der Waals surface area contributed by atoms with E-state index < -0.39 is 5.97 Å². The molecule has 1 N–H and O–H groups in total. The van der Waals surface area contributed by atoms with Gasteiger partial charge in [0.05, 0.1) is 23.7 Å². The van der Waals surface area contributed by atoms with Crippen LogP contribution in [0.3, 0.4) is 0 Å². The van der Waals surface area contributed by atoms with Crippen molar-refractivity contribution in [1.29, 1.82) is 0 Å². The second kappa shape index (κ2) is 6.58. The predicted molar refractivity (Wildman–Crippen MR) is 86.8 cm³/mol. The van der Waals surface area contributed by atoms with Crippen LogP contribution in [0.4, 0.5) is 0 Å². The minimum Gasteiger partial charge on any atom is -0.543 e. The Morgan fingerprint density at radius 1 is 1.36 bits per heavy atom. The highest BCUT2D eigenvalue weighted by molar-refractivity contribution is 7.13. The normalized spacial score (nSPS) is 13.1. The number of carbonyl (C=O) groups excluding carboxylic acids is 1. The number of nitrogens with one attached hydrogen (secondary N) is 1. The van der Waals surface area contributed by atoms with Crippen LogP contribution in [0.15, 0.2) is 29.6 Å². The highest BCUT2D eigenvalue weighted by Gasteiger charge is 2.23. The summed E-state index contributed by atoms with van der Waals surface area (Å²) < 4.78 is 0. The third kappa shape index (κ3) is 3.93. The fourth-order valence-electron chi connectivity index (χ4n) is 2.48. The first-order valence-corrected chi connectivity index (χ1v) is 8.30. The summed E-state index contributed by atoms with van der Waals surface area (Å²) in [5, 5.41) is 13.1. The van der Waals surface area contributed by atoms with Crippen LogP contribution in [0.1, 0.15) is 43.7 Å². The molecule has 5 heteroatoms. The minimum absolute atomic E-state index is 0.000837. The maximum absolute atomic E-state index is 10.8. The van der Waals surface area contributed by atoms with Crippen LogP contribution in [-0.4, -0.2) is 23.0 Å². The highest BCUT2D eigenvalue weighted by atomic mass is 32.1. The summed E-state index contributed by atoms with van der Waals surface area (Å²) in [5.74, 6) is -1.23. The van der Waals surface area contributed by atoms with Gasteiger partial charge in [0.15, 0.2) is 0 Å². The number of aromatic carboxylic acids is 1. The molecule has 1 aromatic heterocycles. The van der Waals surface area contributed by atoms with Gasteiger partial charge < -0.3 is 14.8 Å². The summed E-state index contributed by atoms with van der Waals surface area (Å²) in [4.78, 5) is 16.5. The Hall–Kier alpha value is -1.72. The molecular weight excluding hydrogens is 296 g/mol. The van der Waals surface area contributed by atoms with Gasteiger partial charge in [0.25, 0.3) is 0 Å². The first-order valence-electron chi connectivity index (χ1n) is 7.42. The van der Waals surface area contributed by atoms with Crippen molar-refractivity contribution in [3.05, 3.63) is 40.9 Å². The van der Waals surface area contributed by atoms with E-state index in [1.54, 1.807) is 0 Å². The molecule has 1 unspecified atom stereocenters. The zero-order valence-corrected chi connectivity index (χ0v) is 14.3. The highest BCUT2D eigenvalue weighted by Crippen LogP contribution is 2.24. The number of carboxylic acid groups (broad SMARTS) is 1. The fraction of sp³-hybridized carbons (Fsp3) is 0.412. The summed E-state index contributed by atoms with van der Waals surface area (Å²) in [6.07, 6.45) is 0. The smallest absolute Gasteiger partial charge is 0.124 e. The number of hydrogen-bond acceptors (Lipinski definition) is 4. The van der Waals surface area contributed by atoms with E-state index in [0.29, 0.717) is 0 Å². The van der Waals surface area contributed by atoms with Crippen LogP contribution >= 0.6 is 11.3 Å². The molecule has 118 valence electrons. The lowest BCUT2D eigenvalue weighted by atomic mass is 10.0. The standard InChI is InChI=1S/C17H22N2O2S/c1-5-19(17(2,3)4)10-12-7-6-8-13(9-12)15-18-14(11-22-15)16(20)21/h6-9,11H,5,10H2,1-4H3,(H,20,21). The Bertz CT molecular complexity index is 659. The van der Waals surface area contributed by atoms with E-state index in [9.17, 15) is 9.90 Å². The number of quaternary nitrogens is 1. The van der Waals surface area contributed by atoms with Gasteiger partial charge in [-0.3, -0.25) is 0 Å². The molecule has 1 atom stereocenters. The van der Waals surface area contributed by atoms with E-state index in [1.165, 1.54) is 27.2 Å². The number of hydrogen-bond donors (Lipinski definition) is 1. The number of carbonyl (C=O) groups is 1. The van der Waals surface area contributed by atoms with Crippen LogP contribution < -0.4 is 10.0 Å². The molecule has 0 saturated carbocycles. The molecule has 0 bridgehead atoms. The Morgan fingerprint density at radius 3 is 2.64 bits per heavy atom. The van der Waals surface area contributed by atoms with Gasteiger partial charge in [0.1, 0.15) is 11.6 Å². The van der Waals surface area contributed by atoms with Crippen molar-refractivity contribution in [2.75, 3.05) is 6.54 Å². The van der Waals surface area contributed by atoms with Gasteiger partial charge >= 0.3 is 0 Å². The molecule has 2 rings (SSSR count). The minimum atomic E-state index is -1.23. The zero-order chi connectivity index (χ0) is 16.3. The molecule has 0 saturated heterocycles. The lowest BCUT2D eigenvalue weighted by molar-refractivity contribution is -0.958. The van der Waals surface area contributed by atoms with Gasteiger partial charge in [-0.05, 0) is 33.8 Å². The topological polar surface area (TPSA) is 57.5 Å². The van der Waals surface area contributed by atoms with Crippen LogP contribution in [0.25, 0.3) is 10.6 Å². The van der Waals surface area contributed by atoms with E-state index >= 15 is 0 Å². The molecule has 1 aromatic carbocycles. The Balaban J connectivity index is 2.24. The summed E-state index contributed by atoms with van der Waals surface area (Å²) in [6.45, 7) is 10.9. The fourth-order valence-corrected chi connectivity index (χ4v) is 3.27. The van der Waals surface area contributed by atoms with E-state index in [0.717, 1.165) is 23.7 Å². The number of nitrogens with zero attached hydrogens (tertiary/aromatic N) is 1. The largest absolute Gasteiger partial charge is 0.543 e. The van der Waals surface area contributed by atoms with Gasteiger partial charge in [-0.2, -0.15) is 0 Å². The van der Waals surface area contributed by atoms with E-state index in [-0.39, 0.29) is 11.2 Å². The van der Waals surface area contributed by atoms with Gasteiger partial charge in [-0.1, -0.05) is 18.2 Å². The van der Waals surface area contributed by atoms with Gasteiger partial charge in [0.2, 0.25) is 0 Å². The van der Waals surface area contributed by atoms with E-state index in [2.05, 4.69) is 44.8 Å². The number of thiazole rings is 1. The molecule has 0 aliphatic rings. The molecule has 4 nitrogen and oxygen atoms in total. The SMILES string of the molecule is CC[NH+](Cc1cccc(-c2nc(C(=O)[O-])cs2)c1)C(C)(C)C. The lowest BCUT2D eigenvalue weighted by Crippen LogP contribution is -3.17. The lowest BCUT2D eigenvalue weighted by Gasteiger charge is -2.31. The second-order valence-electron chi connectivity index (χ2n) is 6.41. The quantitative estimate of drug-likeness (QED) is 0.906. The maximum Gasteiger partial charge on any atom is 0.124 e. The second-order valence-corrected chi connectivity index (χ2v) is 7.27. The number of aromatic nitrogens is 1. The van der Waals surface area contributed by atoms with E-state index in [1.807, 2.05) is 12.1 Å². The summed E-state index contributed by atoms with van der Waals surface area (Å²) in [7, 11) is 0. The predicted octanol–water partition coefficient (Wildman–Crippen LogP) is 1.38. The van der Waals surface area contributed by atoms with Gasteiger partial charge in [-0.15, -0.1) is 11.3 Å². The third-order valence-electron chi connectivity index (χ3n) is 3.79. The van der Waals surface area contributed by atoms with Crippen molar-refractivity contribution >= 4 is 17.3 Å². The van der Waals surface area contributed by atoms with Crippen molar-refractivity contribution in [3.63, 3.8) is 0 Å². The molecule has 0 aliphatic carbocycles. The molecule has 0 amide bonds. The average Bonchev–Trinajstić information content (AvgIpc) is 2.94. The molecule has 22 heavy (non-hydrogen) atoms. The summed E-state index contributed by atoms with van der Waals surface area (Å²) >= 11 is 1.33. The molecule has 0 aliphatic heterocycles. The van der Waals surface area contributed by atoms with Crippen LogP contribution in [0.2, 0.25) is 0 Å². The van der Waals surface area contributed by atoms with Gasteiger partial charge in [-0.25, -0.2) is 4.98 Å². The zero-order valence-electron chi connectivity index (χ0n) is 13.5. The molecule has 0 fully saturated rings. The van der Waals surface area contributed by atoms with Crippen LogP contribution in [0.5, 0.6) is 0 Å². The summed E-state index contributed by atoms with van der Waals surface area (Å²) in [6, 6.07) is 8.17. The molecular formula is C17H22N2O2S. The molecule has 1 heterocycles. The van der Waals surface area contributed by atoms with Crippen molar-refractivity contribution < 1.29 is 14.8 Å². The number of benzene rings is 1. The Kier molecular flexibility index (Phi) is 4.98.